The van der Waals surface area contributed by atoms with Crippen molar-refractivity contribution in [2.75, 3.05) is 12.8 Å². The number of aromatic nitrogens is 2. The van der Waals surface area contributed by atoms with E-state index in [1.807, 2.05) is 37.4 Å². The van der Waals surface area contributed by atoms with Crippen molar-refractivity contribution in [2.45, 2.75) is 17.7 Å². The molecule has 17 heavy (non-hydrogen) atoms. The topological polar surface area (TPSA) is 64.9 Å². The van der Waals surface area contributed by atoms with Crippen LogP contribution in [-0.2, 0) is 0 Å². The molecule has 90 valence electrons. The van der Waals surface area contributed by atoms with Crippen molar-refractivity contribution in [1.29, 1.82) is 0 Å². The molecule has 1 atom stereocenters. The fourth-order valence-corrected chi connectivity index (χ4v) is 2.06. The summed E-state index contributed by atoms with van der Waals surface area (Å²) in [6.07, 6.45) is 2.03. The monoisotopic (exact) mass is 249 g/mol. The third kappa shape index (κ3) is 2.50. The molecule has 2 rings (SSSR count). The fraction of sp³-hybridized carbons (Fsp3) is 0.333. The van der Waals surface area contributed by atoms with Gasteiger partial charge in [-0.2, -0.15) is 4.98 Å². The smallest absolute Gasteiger partial charge is 0.259 e. The molecule has 1 aromatic carbocycles. The van der Waals surface area contributed by atoms with Gasteiger partial charge in [-0.25, -0.2) is 0 Å². The van der Waals surface area contributed by atoms with Crippen LogP contribution in [0.15, 0.2) is 33.7 Å². The minimum Gasteiger partial charge on any atom is -0.334 e. The maximum atomic E-state index is 5.58. The predicted molar refractivity (Wildman–Crippen MR) is 69.0 cm³/mol. The predicted octanol–water partition coefficient (Wildman–Crippen LogP) is 2.52. The van der Waals surface area contributed by atoms with Crippen LogP contribution in [-0.4, -0.2) is 22.9 Å². The van der Waals surface area contributed by atoms with Gasteiger partial charge in [0.25, 0.3) is 5.89 Å². The van der Waals surface area contributed by atoms with Crippen molar-refractivity contribution in [3.8, 4) is 11.5 Å². The molecule has 0 bridgehead atoms. The summed E-state index contributed by atoms with van der Waals surface area (Å²) in [5.41, 5.74) is 6.56. The van der Waals surface area contributed by atoms with E-state index in [-0.39, 0.29) is 5.92 Å². The minimum absolute atomic E-state index is 0.119. The van der Waals surface area contributed by atoms with Crippen molar-refractivity contribution >= 4 is 11.8 Å². The van der Waals surface area contributed by atoms with Gasteiger partial charge in [-0.1, -0.05) is 24.2 Å². The molecule has 1 unspecified atom stereocenters. The maximum Gasteiger partial charge on any atom is 0.259 e. The molecular weight excluding hydrogens is 234 g/mol. The SMILES string of the molecule is CSc1ccccc1-c1nc(C(C)CN)no1. The highest BCUT2D eigenvalue weighted by atomic mass is 32.2. The summed E-state index contributed by atoms with van der Waals surface area (Å²) < 4.78 is 5.29. The Morgan fingerprint density at radius 2 is 2.18 bits per heavy atom. The molecule has 2 N–H and O–H groups in total. The molecule has 1 heterocycles. The van der Waals surface area contributed by atoms with Crippen molar-refractivity contribution in [3.63, 3.8) is 0 Å². The lowest BCUT2D eigenvalue weighted by Crippen LogP contribution is -2.10. The first-order valence-corrected chi connectivity index (χ1v) is 6.65. The van der Waals surface area contributed by atoms with Crippen molar-refractivity contribution in [3.05, 3.63) is 30.1 Å². The van der Waals surface area contributed by atoms with Crippen molar-refractivity contribution in [2.24, 2.45) is 5.73 Å². The maximum absolute atomic E-state index is 5.58. The van der Waals surface area contributed by atoms with Gasteiger partial charge in [0.05, 0.1) is 5.56 Å². The van der Waals surface area contributed by atoms with Crippen LogP contribution in [0.3, 0.4) is 0 Å². The number of hydrogen-bond acceptors (Lipinski definition) is 5. The normalized spacial score (nSPS) is 12.6. The molecule has 4 nitrogen and oxygen atoms in total. The van der Waals surface area contributed by atoms with Crippen LogP contribution in [0.2, 0.25) is 0 Å². The van der Waals surface area contributed by atoms with Crippen LogP contribution in [0.1, 0.15) is 18.7 Å². The Kier molecular flexibility index (Phi) is 3.81. The molecule has 0 fully saturated rings. The minimum atomic E-state index is 0.119. The Morgan fingerprint density at radius 1 is 1.41 bits per heavy atom. The average molecular weight is 249 g/mol. The molecule has 0 radical (unpaired) electrons. The van der Waals surface area contributed by atoms with E-state index in [9.17, 15) is 0 Å². The van der Waals surface area contributed by atoms with Crippen LogP contribution in [0, 0.1) is 0 Å². The van der Waals surface area contributed by atoms with Gasteiger partial charge >= 0.3 is 0 Å². The first-order chi connectivity index (χ1) is 8.26. The third-order valence-electron chi connectivity index (χ3n) is 2.57. The molecule has 2 aromatic rings. The van der Waals surface area contributed by atoms with E-state index in [2.05, 4.69) is 10.1 Å². The van der Waals surface area contributed by atoms with Gasteiger partial charge in [-0.3, -0.25) is 0 Å². The molecule has 0 aliphatic heterocycles. The second kappa shape index (κ2) is 5.33. The highest BCUT2D eigenvalue weighted by Gasteiger charge is 2.15. The summed E-state index contributed by atoms with van der Waals surface area (Å²) in [6.45, 7) is 2.50. The summed E-state index contributed by atoms with van der Waals surface area (Å²) in [6, 6.07) is 7.98. The van der Waals surface area contributed by atoms with E-state index in [4.69, 9.17) is 10.3 Å². The molecule has 0 aliphatic rings. The molecular formula is C12H15N3OS. The zero-order valence-corrected chi connectivity index (χ0v) is 10.7. The van der Waals surface area contributed by atoms with Crippen LogP contribution in [0.4, 0.5) is 0 Å². The first-order valence-electron chi connectivity index (χ1n) is 5.43. The summed E-state index contributed by atoms with van der Waals surface area (Å²) in [4.78, 5) is 5.52. The fourth-order valence-electron chi connectivity index (χ4n) is 1.47. The zero-order chi connectivity index (χ0) is 12.3. The van der Waals surface area contributed by atoms with Crippen molar-refractivity contribution < 1.29 is 4.52 Å². The van der Waals surface area contributed by atoms with Crippen molar-refractivity contribution in [1.82, 2.24) is 10.1 Å². The van der Waals surface area contributed by atoms with Gasteiger partial charge in [0.15, 0.2) is 5.82 Å². The number of hydrogen-bond donors (Lipinski definition) is 1. The lowest BCUT2D eigenvalue weighted by molar-refractivity contribution is 0.417. The van der Waals surface area contributed by atoms with Gasteiger partial charge in [0.2, 0.25) is 0 Å². The third-order valence-corrected chi connectivity index (χ3v) is 3.37. The number of thioether (sulfide) groups is 1. The molecule has 0 saturated carbocycles. The molecule has 0 aliphatic carbocycles. The zero-order valence-electron chi connectivity index (χ0n) is 9.88. The van der Waals surface area contributed by atoms with Gasteiger partial charge < -0.3 is 10.3 Å². The summed E-state index contributed by atoms with van der Waals surface area (Å²) >= 11 is 1.66. The average Bonchev–Trinajstić information content (AvgIpc) is 2.87. The van der Waals surface area contributed by atoms with Crippen LogP contribution in [0.25, 0.3) is 11.5 Å². The standard InChI is InChI=1S/C12H15N3OS/c1-8(7-13)11-14-12(16-15-11)9-5-3-4-6-10(9)17-2/h3-6,8H,7,13H2,1-2H3. The number of rotatable bonds is 4. The van der Waals surface area contributed by atoms with E-state index >= 15 is 0 Å². The number of benzene rings is 1. The second-order valence-corrected chi connectivity index (χ2v) is 4.64. The first kappa shape index (κ1) is 12.1. The molecule has 0 saturated heterocycles. The van der Waals surface area contributed by atoms with E-state index in [0.29, 0.717) is 18.3 Å². The summed E-state index contributed by atoms with van der Waals surface area (Å²) in [5.74, 6) is 1.34. The Balaban J connectivity index is 2.37. The van der Waals surface area contributed by atoms with E-state index in [1.165, 1.54) is 0 Å². The van der Waals surface area contributed by atoms with Crippen LogP contribution in [0.5, 0.6) is 0 Å². The van der Waals surface area contributed by atoms with Crippen LogP contribution < -0.4 is 5.73 Å². The van der Waals surface area contributed by atoms with E-state index < -0.39 is 0 Å². The number of nitrogens with zero attached hydrogens (tertiary/aromatic N) is 2. The Morgan fingerprint density at radius 3 is 2.88 bits per heavy atom. The lowest BCUT2D eigenvalue weighted by atomic mass is 10.2. The van der Waals surface area contributed by atoms with Crippen LogP contribution >= 0.6 is 11.8 Å². The molecule has 1 aromatic heterocycles. The van der Waals surface area contributed by atoms with Gasteiger partial charge in [0.1, 0.15) is 0 Å². The Bertz CT molecular complexity index is 498. The highest BCUT2D eigenvalue weighted by molar-refractivity contribution is 7.98. The van der Waals surface area contributed by atoms with E-state index in [1.54, 1.807) is 11.8 Å². The lowest BCUT2D eigenvalue weighted by Gasteiger charge is -2.01. The highest BCUT2D eigenvalue weighted by Crippen LogP contribution is 2.29. The summed E-state index contributed by atoms with van der Waals surface area (Å²) in [5, 5.41) is 3.96. The van der Waals surface area contributed by atoms with E-state index in [0.717, 1.165) is 10.5 Å². The quantitative estimate of drug-likeness (QED) is 0.843. The molecule has 0 amide bonds. The molecule has 0 spiro atoms. The largest absolute Gasteiger partial charge is 0.334 e. The summed E-state index contributed by atoms with van der Waals surface area (Å²) in [7, 11) is 0. The molecule has 5 heteroatoms. The Labute approximate surface area is 105 Å². The van der Waals surface area contributed by atoms with Gasteiger partial charge in [-0.15, -0.1) is 11.8 Å². The van der Waals surface area contributed by atoms with Gasteiger partial charge in [-0.05, 0) is 18.4 Å². The Hall–Kier alpha value is -1.33. The number of nitrogens with two attached hydrogens (primary N) is 1. The second-order valence-electron chi connectivity index (χ2n) is 3.79. The van der Waals surface area contributed by atoms with Gasteiger partial charge in [0, 0.05) is 17.4 Å².